The van der Waals surface area contributed by atoms with Gasteiger partial charge in [0.15, 0.2) is 0 Å². The molecule has 1 aliphatic heterocycles. The van der Waals surface area contributed by atoms with Crippen molar-refractivity contribution in [3.05, 3.63) is 21.9 Å². The number of halogens is 1. The summed E-state index contributed by atoms with van der Waals surface area (Å²) >= 11 is 1.82. The Morgan fingerprint density at radius 2 is 2.16 bits per heavy atom. The maximum atomic E-state index is 12.1. The molecule has 0 radical (unpaired) electrons. The molecule has 1 aromatic rings. The van der Waals surface area contributed by atoms with Gasteiger partial charge >= 0.3 is 0 Å². The molecular weight excluding hydrogens is 280 g/mol. The Morgan fingerprint density at radius 3 is 2.74 bits per heavy atom. The summed E-state index contributed by atoms with van der Waals surface area (Å²) in [6.45, 7) is 6.15. The highest BCUT2D eigenvalue weighted by Crippen LogP contribution is 2.17. The summed E-state index contributed by atoms with van der Waals surface area (Å²) < 4.78 is 0. The molecule has 1 saturated heterocycles. The van der Waals surface area contributed by atoms with E-state index in [1.807, 2.05) is 11.3 Å². The Bertz CT molecular complexity index is 402. The van der Waals surface area contributed by atoms with Crippen LogP contribution in [0.5, 0.6) is 0 Å². The fourth-order valence-corrected chi connectivity index (χ4v) is 3.41. The lowest BCUT2D eigenvalue weighted by molar-refractivity contribution is -0.126. The predicted octanol–water partition coefficient (Wildman–Crippen LogP) is 2.53. The van der Waals surface area contributed by atoms with Gasteiger partial charge in [-0.05, 0) is 51.9 Å². The topological polar surface area (TPSA) is 41.1 Å². The third-order valence-corrected chi connectivity index (χ3v) is 4.42. The molecule has 0 saturated carbocycles. The van der Waals surface area contributed by atoms with E-state index >= 15 is 0 Å². The summed E-state index contributed by atoms with van der Waals surface area (Å²) in [5.41, 5.74) is 0. The highest BCUT2D eigenvalue weighted by atomic mass is 35.5. The smallest absolute Gasteiger partial charge is 0.223 e. The van der Waals surface area contributed by atoms with E-state index in [-0.39, 0.29) is 30.3 Å². The highest BCUT2D eigenvalue weighted by Gasteiger charge is 2.22. The van der Waals surface area contributed by atoms with E-state index in [1.54, 1.807) is 0 Å². The first-order valence-corrected chi connectivity index (χ1v) is 7.53. The van der Waals surface area contributed by atoms with Gasteiger partial charge in [0.25, 0.3) is 0 Å². The lowest BCUT2D eigenvalue weighted by Crippen LogP contribution is -2.42. The van der Waals surface area contributed by atoms with Crippen molar-refractivity contribution in [3.63, 3.8) is 0 Å². The van der Waals surface area contributed by atoms with Crippen LogP contribution in [-0.2, 0) is 11.2 Å². The zero-order valence-electron chi connectivity index (χ0n) is 11.6. The first-order valence-electron chi connectivity index (χ1n) is 6.71. The van der Waals surface area contributed by atoms with Crippen LogP contribution < -0.4 is 10.6 Å². The van der Waals surface area contributed by atoms with Gasteiger partial charge in [-0.2, -0.15) is 0 Å². The minimum Gasteiger partial charge on any atom is -0.353 e. The predicted molar refractivity (Wildman–Crippen MR) is 83.2 cm³/mol. The zero-order valence-corrected chi connectivity index (χ0v) is 13.2. The molecule has 0 aliphatic carbocycles. The van der Waals surface area contributed by atoms with E-state index in [1.165, 1.54) is 9.75 Å². The second kappa shape index (κ2) is 7.88. The average Bonchev–Trinajstić information content (AvgIpc) is 2.75. The summed E-state index contributed by atoms with van der Waals surface area (Å²) in [6.07, 6.45) is 2.88. The van der Waals surface area contributed by atoms with Crippen LogP contribution in [0.25, 0.3) is 0 Å². The lowest BCUT2D eigenvalue weighted by Gasteiger charge is -2.23. The minimum atomic E-state index is 0. The molecule has 2 heterocycles. The van der Waals surface area contributed by atoms with Crippen molar-refractivity contribution in [3.8, 4) is 0 Å². The van der Waals surface area contributed by atoms with Crippen LogP contribution in [0.1, 0.15) is 29.5 Å². The number of rotatable bonds is 4. The number of carbonyl (C=O) groups is 1. The van der Waals surface area contributed by atoms with Gasteiger partial charge in [0.05, 0.1) is 0 Å². The van der Waals surface area contributed by atoms with Crippen molar-refractivity contribution < 1.29 is 4.79 Å². The summed E-state index contributed by atoms with van der Waals surface area (Å²) in [5, 5.41) is 6.43. The van der Waals surface area contributed by atoms with Gasteiger partial charge in [0, 0.05) is 28.1 Å². The Labute approximate surface area is 125 Å². The largest absolute Gasteiger partial charge is 0.353 e. The maximum Gasteiger partial charge on any atom is 0.223 e. The molecule has 5 heteroatoms. The van der Waals surface area contributed by atoms with Crippen molar-refractivity contribution in [2.24, 2.45) is 5.92 Å². The molecule has 0 bridgehead atoms. The van der Waals surface area contributed by atoms with Crippen LogP contribution in [0.15, 0.2) is 12.1 Å². The van der Waals surface area contributed by atoms with Crippen LogP contribution in [-0.4, -0.2) is 25.0 Å². The van der Waals surface area contributed by atoms with Gasteiger partial charge in [-0.25, -0.2) is 0 Å². The van der Waals surface area contributed by atoms with Gasteiger partial charge in [-0.1, -0.05) is 0 Å². The van der Waals surface area contributed by atoms with E-state index in [0.717, 1.165) is 32.4 Å². The lowest BCUT2D eigenvalue weighted by atomic mass is 9.97. The van der Waals surface area contributed by atoms with E-state index in [0.29, 0.717) is 0 Å². The summed E-state index contributed by atoms with van der Waals surface area (Å²) in [6, 6.07) is 4.53. The van der Waals surface area contributed by atoms with E-state index in [9.17, 15) is 4.79 Å². The number of hydrogen-bond donors (Lipinski definition) is 2. The van der Waals surface area contributed by atoms with Crippen molar-refractivity contribution >= 4 is 29.7 Å². The van der Waals surface area contributed by atoms with Gasteiger partial charge in [0.1, 0.15) is 0 Å². The molecule has 1 atom stereocenters. The average molecular weight is 303 g/mol. The van der Waals surface area contributed by atoms with Gasteiger partial charge in [-0.15, -0.1) is 23.7 Å². The van der Waals surface area contributed by atoms with Crippen molar-refractivity contribution in [1.29, 1.82) is 0 Å². The summed E-state index contributed by atoms with van der Waals surface area (Å²) in [4.78, 5) is 14.8. The van der Waals surface area contributed by atoms with Crippen molar-refractivity contribution in [2.75, 3.05) is 13.1 Å². The van der Waals surface area contributed by atoms with Crippen LogP contribution in [0.3, 0.4) is 0 Å². The second-order valence-corrected chi connectivity index (χ2v) is 6.52. The van der Waals surface area contributed by atoms with Gasteiger partial charge in [0.2, 0.25) is 5.91 Å². The van der Waals surface area contributed by atoms with Crippen LogP contribution >= 0.6 is 23.7 Å². The molecule has 2 rings (SSSR count). The molecule has 1 amide bonds. The normalized spacial score (nSPS) is 17.6. The second-order valence-electron chi connectivity index (χ2n) is 5.15. The number of nitrogens with one attached hydrogen (secondary N) is 2. The van der Waals surface area contributed by atoms with Gasteiger partial charge < -0.3 is 10.6 Å². The number of aryl methyl sites for hydroxylation is 1. The maximum absolute atomic E-state index is 12.1. The summed E-state index contributed by atoms with van der Waals surface area (Å²) in [7, 11) is 0. The fraction of sp³-hybridized carbons (Fsp3) is 0.643. The third-order valence-electron chi connectivity index (χ3n) is 3.40. The zero-order chi connectivity index (χ0) is 13.0. The first kappa shape index (κ1) is 16.5. The number of piperidine rings is 1. The number of amides is 1. The molecule has 0 aromatic carbocycles. The minimum absolute atomic E-state index is 0. The van der Waals surface area contributed by atoms with Crippen LogP contribution in [0.4, 0.5) is 0 Å². The Morgan fingerprint density at radius 1 is 1.47 bits per heavy atom. The SMILES string of the molecule is Cc1ccc(CC(C)NC(=O)C2CCNCC2)s1.Cl. The molecule has 2 N–H and O–H groups in total. The molecule has 108 valence electrons. The molecule has 19 heavy (non-hydrogen) atoms. The number of carbonyl (C=O) groups excluding carboxylic acids is 1. The van der Waals surface area contributed by atoms with Gasteiger partial charge in [-0.3, -0.25) is 4.79 Å². The molecule has 1 fully saturated rings. The Hall–Kier alpha value is -0.580. The monoisotopic (exact) mass is 302 g/mol. The molecule has 1 aliphatic rings. The van der Waals surface area contributed by atoms with E-state index in [4.69, 9.17) is 0 Å². The van der Waals surface area contributed by atoms with Crippen LogP contribution in [0, 0.1) is 12.8 Å². The highest BCUT2D eigenvalue weighted by molar-refractivity contribution is 7.11. The number of hydrogen-bond acceptors (Lipinski definition) is 3. The Balaban J connectivity index is 0.00000180. The standard InChI is InChI=1S/C14H22N2OS.ClH/c1-10(9-13-4-3-11(2)18-13)16-14(17)12-5-7-15-8-6-12;/h3-4,10,12,15H,5-9H2,1-2H3,(H,16,17);1H. The number of thiophene rings is 1. The van der Waals surface area contributed by atoms with Crippen molar-refractivity contribution in [2.45, 2.75) is 39.2 Å². The van der Waals surface area contributed by atoms with Crippen LogP contribution in [0.2, 0.25) is 0 Å². The van der Waals surface area contributed by atoms with Crippen molar-refractivity contribution in [1.82, 2.24) is 10.6 Å². The molecule has 0 spiro atoms. The third kappa shape index (κ3) is 5.13. The molecule has 1 aromatic heterocycles. The quantitative estimate of drug-likeness (QED) is 0.897. The molecular formula is C14H23ClN2OS. The molecule has 3 nitrogen and oxygen atoms in total. The fourth-order valence-electron chi connectivity index (χ4n) is 2.39. The first-order chi connectivity index (χ1) is 8.65. The van der Waals surface area contributed by atoms with E-state index < -0.39 is 0 Å². The van der Waals surface area contributed by atoms with E-state index in [2.05, 4.69) is 36.6 Å². The summed E-state index contributed by atoms with van der Waals surface area (Å²) in [5.74, 6) is 0.441. The Kier molecular flexibility index (Phi) is 6.83. The molecule has 1 unspecified atom stereocenters.